The molecule has 1 heterocycles. The van der Waals surface area contributed by atoms with Crippen molar-refractivity contribution in [3.63, 3.8) is 0 Å². The van der Waals surface area contributed by atoms with Gasteiger partial charge in [-0.3, -0.25) is 0 Å². The lowest BCUT2D eigenvalue weighted by atomic mass is 10.2. The molecule has 94 valence electrons. The molecule has 0 amide bonds. The average Bonchev–Trinajstić information content (AvgIpc) is 2.68. The molecule has 1 aliphatic rings. The summed E-state index contributed by atoms with van der Waals surface area (Å²) in [5.74, 6) is 0. The number of sulfonamides is 1. The lowest BCUT2D eigenvalue weighted by molar-refractivity contribution is 0.408. The number of hydrogen-bond donors (Lipinski definition) is 0. The van der Waals surface area contributed by atoms with E-state index in [-0.39, 0.29) is 6.04 Å². The van der Waals surface area contributed by atoms with Crippen LogP contribution in [0, 0.1) is 13.8 Å². The van der Waals surface area contributed by atoms with Crippen molar-refractivity contribution in [3.8, 4) is 0 Å². The van der Waals surface area contributed by atoms with Gasteiger partial charge >= 0.3 is 0 Å². The predicted octanol–water partition coefficient (Wildman–Crippen LogP) is 2.48. The van der Waals surface area contributed by atoms with E-state index in [1.165, 1.54) is 0 Å². The first-order chi connectivity index (χ1) is 7.93. The Bertz CT molecular complexity index is 522. The van der Waals surface area contributed by atoms with Crippen molar-refractivity contribution in [1.82, 2.24) is 4.31 Å². The number of aryl methyl sites for hydroxylation is 2. The highest BCUT2D eigenvalue weighted by Gasteiger charge is 2.33. The third-order valence-corrected chi connectivity index (χ3v) is 5.58. The molecule has 1 unspecified atom stereocenters. The zero-order chi connectivity index (χ0) is 12.6. The zero-order valence-corrected chi connectivity index (χ0v) is 11.4. The molecular weight excluding hydrogens is 234 g/mol. The van der Waals surface area contributed by atoms with Gasteiger partial charge in [-0.05, 0) is 50.8 Å². The van der Waals surface area contributed by atoms with E-state index in [0.29, 0.717) is 11.4 Å². The summed E-state index contributed by atoms with van der Waals surface area (Å²) in [6, 6.07) is 5.72. The molecule has 2 rings (SSSR count). The highest BCUT2D eigenvalue weighted by Crippen LogP contribution is 2.27. The van der Waals surface area contributed by atoms with Gasteiger partial charge in [-0.1, -0.05) is 12.1 Å². The molecule has 1 fully saturated rings. The maximum absolute atomic E-state index is 12.5. The monoisotopic (exact) mass is 253 g/mol. The molecule has 1 atom stereocenters. The molecule has 1 aromatic rings. The molecule has 0 N–H and O–H groups in total. The molecule has 3 nitrogen and oxygen atoms in total. The van der Waals surface area contributed by atoms with Crippen molar-refractivity contribution in [2.45, 2.75) is 44.6 Å². The van der Waals surface area contributed by atoms with E-state index in [4.69, 9.17) is 0 Å². The Balaban J connectivity index is 2.48. The van der Waals surface area contributed by atoms with Crippen LogP contribution >= 0.6 is 0 Å². The lowest BCUT2D eigenvalue weighted by Gasteiger charge is -2.22. The van der Waals surface area contributed by atoms with Gasteiger partial charge in [-0.25, -0.2) is 8.42 Å². The van der Waals surface area contributed by atoms with Crippen molar-refractivity contribution in [2.75, 3.05) is 6.54 Å². The number of rotatable bonds is 2. The second kappa shape index (κ2) is 4.42. The second-order valence-electron chi connectivity index (χ2n) is 4.88. The molecule has 1 saturated heterocycles. The Hall–Kier alpha value is -0.870. The molecule has 0 spiro atoms. The van der Waals surface area contributed by atoms with Gasteiger partial charge in [0.15, 0.2) is 0 Å². The Kier molecular flexibility index (Phi) is 3.27. The van der Waals surface area contributed by atoms with Crippen molar-refractivity contribution in [3.05, 3.63) is 29.3 Å². The standard InChI is InChI=1S/C13H19NO2S/c1-10-6-7-11(2)13(9-10)17(15,16)14-8-4-5-12(14)3/h6-7,9,12H,4-5,8H2,1-3H3. The topological polar surface area (TPSA) is 37.4 Å². The zero-order valence-electron chi connectivity index (χ0n) is 10.6. The molecule has 1 aliphatic heterocycles. The van der Waals surface area contributed by atoms with Gasteiger partial charge in [-0.2, -0.15) is 4.31 Å². The fourth-order valence-electron chi connectivity index (χ4n) is 2.38. The summed E-state index contributed by atoms with van der Waals surface area (Å²) < 4.78 is 26.7. The quantitative estimate of drug-likeness (QED) is 0.812. The molecule has 0 radical (unpaired) electrons. The molecule has 17 heavy (non-hydrogen) atoms. The Morgan fingerprint density at radius 3 is 2.59 bits per heavy atom. The third kappa shape index (κ3) is 2.24. The van der Waals surface area contributed by atoms with Crippen LogP contribution in [0.25, 0.3) is 0 Å². The average molecular weight is 253 g/mol. The van der Waals surface area contributed by atoms with Gasteiger partial charge in [0.25, 0.3) is 0 Å². The number of benzene rings is 1. The van der Waals surface area contributed by atoms with E-state index in [2.05, 4.69) is 0 Å². The Labute approximate surface area is 104 Å². The molecule has 0 bridgehead atoms. The smallest absolute Gasteiger partial charge is 0.207 e. The summed E-state index contributed by atoms with van der Waals surface area (Å²) in [7, 11) is -3.31. The summed E-state index contributed by atoms with van der Waals surface area (Å²) in [5.41, 5.74) is 1.82. The lowest BCUT2D eigenvalue weighted by Crippen LogP contribution is -2.34. The summed E-state index contributed by atoms with van der Waals surface area (Å²) in [5, 5.41) is 0. The van der Waals surface area contributed by atoms with Crippen LogP contribution < -0.4 is 0 Å². The van der Waals surface area contributed by atoms with Crippen LogP contribution in [0.15, 0.2) is 23.1 Å². The molecule has 0 saturated carbocycles. The van der Waals surface area contributed by atoms with E-state index in [9.17, 15) is 8.42 Å². The van der Waals surface area contributed by atoms with Crippen LogP contribution in [-0.4, -0.2) is 25.3 Å². The van der Waals surface area contributed by atoms with Gasteiger partial charge in [0.05, 0.1) is 4.90 Å². The summed E-state index contributed by atoms with van der Waals surface area (Å²) in [4.78, 5) is 0.464. The van der Waals surface area contributed by atoms with E-state index in [1.54, 1.807) is 10.4 Å². The van der Waals surface area contributed by atoms with E-state index >= 15 is 0 Å². The highest BCUT2D eigenvalue weighted by atomic mass is 32.2. The Morgan fingerprint density at radius 2 is 2.00 bits per heavy atom. The molecule has 0 aromatic heterocycles. The first-order valence-electron chi connectivity index (χ1n) is 6.02. The summed E-state index contributed by atoms with van der Waals surface area (Å²) >= 11 is 0. The summed E-state index contributed by atoms with van der Waals surface area (Å²) in [6.07, 6.45) is 1.93. The maximum atomic E-state index is 12.5. The van der Waals surface area contributed by atoms with Crippen LogP contribution in [0.4, 0.5) is 0 Å². The van der Waals surface area contributed by atoms with Crippen molar-refractivity contribution in [2.24, 2.45) is 0 Å². The van der Waals surface area contributed by atoms with E-state index < -0.39 is 10.0 Å². The minimum atomic E-state index is -3.31. The minimum absolute atomic E-state index is 0.125. The van der Waals surface area contributed by atoms with Gasteiger partial charge in [0.1, 0.15) is 0 Å². The second-order valence-corrected chi connectivity index (χ2v) is 6.73. The van der Waals surface area contributed by atoms with Gasteiger partial charge in [0, 0.05) is 12.6 Å². The first kappa shape index (κ1) is 12.6. The third-order valence-electron chi connectivity index (χ3n) is 3.42. The van der Waals surface area contributed by atoms with Crippen LogP contribution in [0.2, 0.25) is 0 Å². The van der Waals surface area contributed by atoms with Crippen molar-refractivity contribution < 1.29 is 8.42 Å². The van der Waals surface area contributed by atoms with E-state index in [1.807, 2.05) is 32.9 Å². The SMILES string of the molecule is Cc1ccc(C)c(S(=O)(=O)N2CCCC2C)c1. The normalized spacial score (nSPS) is 21.9. The highest BCUT2D eigenvalue weighted by molar-refractivity contribution is 7.89. The van der Waals surface area contributed by atoms with Gasteiger partial charge in [0.2, 0.25) is 10.0 Å². The molecular formula is C13H19NO2S. The number of hydrogen-bond acceptors (Lipinski definition) is 2. The predicted molar refractivity (Wildman–Crippen MR) is 68.5 cm³/mol. The van der Waals surface area contributed by atoms with Crippen LogP contribution in [0.1, 0.15) is 30.9 Å². The summed E-state index contributed by atoms with van der Waals surface area (Å²) in [6.45, 7) is 6.41. The van der Waals surface area contributed by atoms with Crippen molar-refractivity contribution in [1.29, 1.82) is 0 Å². The largest absolute Gasteiger partial charge is 0.243 e. The first-order valence-corrected chi connectivity index (χ1v) is 7.46. The fourth-order valence-corrected chi connectivity index (χ4v) is 4.39. The van der Waals surface area contributed by atoms with Gasteiger partial charge < -0.3 is 0 Å². The molecule has 0 aliphatic carbocycles. The fraction of sp³-hybridized carbons (Fsp3) is 0.538. The van der Waals surface area contributed by atoms with Gasteiger partial charge in [-0.15, -0.1) is 0 Å². The van der Waals surface area contributed by atoms with Crippen LogP contribution in [0.3, 0.4) is 0 Å². The number of nitrogens with zero attached hydrogens (tertiary/aromatic N) is 1. The van der Waals surface area contributed by atoms with Crippen LogP contribution in [-0.2, 0) is 10.0 Å². The maximum Gasteiger partial charge on any atom is 0.243 e. The Morgan fingerprint density at radius 1 is 1.29 bits per heavy atom. The molecule has 1 aromatic carbocycles. The molecule has 4 heteroatoms. The minimum Gasteiger partial charge on any atom is -0.207 e. The van der Waals surface area contributed by atoms with Crippen molar-refractivity contribution >= 4 is 10.0 Å². The van der Waals surface area contributed by atoms with E-state index in [0.717, 1.165) is 24.0 Å². The van der Waals surface area contributed by atoms with Crippen LogP contribution in [0.5, 0.6) is 0 Å².